The Morgan fingerprint density at radius 3 is 2.38 bits per heavy atom. The smallest absolute Gasteiger partial charge is 0.243 e. The Kier molecular flexibility index (Phi) is 7.91. The lowest BCUT2D eigenvalue weighted by atomic mass is 10.2. The first-order chi connectivity index (χ1) is 17.8. The van der Waals surface area contributed by atoms with E-state index in [0.29, 0.717) is 31.3 Å². The number of oxazole rings is 1. The monoisotopic (exact) mass is 521 g/mol. The van der Waals surface area contributed by atoms with Crippen LogP contribution in [0.4, 0.5) is 11.6 Å². The minimum Gasteiger partial charge on any atom is -0.494 e. The van der Waals surface area contributed by atoms with Crippen LogP contribution in [-0.4, -0.2) is 56.4 Å². The summed E-state index contributed by atoms with van der Waals surface area (Å²) in [5, 5.41) is 12.2. The molecule has 4 rings (SSSR count). The van der Waals surface area contributed by atoms with Crippen LogP contribution in [0.1, 0.15) is 31.0 Å². The number of rotatable bonds is 8. The van der Waals surface area contributed by atoms with E-state index in [2.05, 4.69) is 16.4 Å². The molecule has 1 amide bonds. The Morgan fingerprint density at radius 2 is 1.78 bits per heavy atom. The zero-order valence-electron chi connectivity index (χ0n) is 20.5. The standard InChI is InChI=1S/C26H27N5O5S/c1-3-35-22-9-4-20(5-10-22)6-13-25-29-24(18-27)26(36-25)30-14-16-31(17-15-30)37(33,34)23-11-7-21(8-12-23)28-19(2)32/h4-13H,3,14-17H2,1-2H3,(H,28,32). The molecule has 2 aromatic carbocycles. The zero-order valence-corrected chi connectivity index (χ0v) is 21.4. The van der Waals surface area contributed by atoms with Crippen molar-refractivity contribution in [1.29, 1.82) is 5.26 Å². The number of piperazine rings is 1. The number of amides is 1. The fraction of sp³-hybridized carbons (Fsp3) is 0.269. The molecule has 192 valence electrons. The summed E-state index contributed by atoms with van der Waals surface area (Å²) in [5.74, 6) is 1.17. The van der Waals surface area contributed by atoms with E-state index in [-0.39, 0.29) is 35.5 Å². The van der Waals surface area contributed by atoms with Crippen LogP contribution in [0.3, 0.4) is 0 Å². The molecule has 0 spiro atoms. The van der Waals surface area contributed by atoms with Crippen molar-refractivity contribution in [2.75, 3.05) is 43.0 Å². The molecule has 0 radical (unpaired) electrons. The molecule has 1 aromatic heterocycles. The number of carbonyl (C=O) groups is 1. The number of benzene rings is 2. The van der Waals surface area contributed by atoms with Crippen LogP contribution >= 0.6 is 0 Å². The number of sulfonamides is 1. The van der Waals surface area contributed by atoms with Crippen LogP contribution < -0.4 is 15.0 Å². The van der Waals surface area contributed by atoms with Crippen molar-refractivity contribution >= 4 is 39.7 Å². The minimum absolute atomic E-state index is 0.147. The number of hydrogen-bond acceptors (Lipinski definition) is 8. The summed E-state index contributed by atoms with van der Waals surface area (Å²) >= 11 is 0. The summed E-state index contributed by atoms with van der Waals surface area (Å²) in [4.78, 5) is 17.4. The molecule has 0 atom stereocenters. The van der Waals surface area contributed by atoms with E-state index >= 15 is 0 Å². The van der Waals surface area contributed by atoms with Crippen molar-refractivity contribution in [3.05, 3.63) is 65.7 Å². The van der Waals surface area contributed by atoms with Gasteiger partial charge < -0.3 is 19.4 Å². The molecule has 10 nitrogen and oxygen atoms in total. The number of carbonyl (C=O) groups excluding carboxylic acids is 1. The average molecular weight is 522 g/mol. The molecule has 37 heavy (non-hydrogen) atoms. The molecule has 3 aromatic rings. The van der Waals surface area contributed by atoms with Gasteiger partial charge in [-0.3, -0.25) is 4.79 Å². The van der Waals surface area contributed by atoms with E-state index in [1.54, 1.807) is 18.2 Å². The third-order valence-electron chi connectivity index (χ3n) is 5.68. The zero-order chi connectivity index (χ0) is 26.4. The van der Waals surface area contributed by atoms with Crippen LogP contribution in [0.15, 0.2) is 57.8 Å². The maximum atomic E-state index is 13.1. The van der Waals surface area contributed by atoms with Crippen LogP contribution in [0.2, 0.25) is 0 Å². The van der Waals surface area contributed by atoms with Gasteiger partial charge in [-0.05, 0) is 55.0 Å². The van der Waals surface area contributed by atoms with Crippen LogP contribution in [0.25, 0.3) is 12.2 Å². The van der Waals surface area contributed by atoms with Gasteiger partial charge in [0.15, 0.2) is 0 Å². The molecule has 1 saturated heterocycles. The van der Waals surface area contributed by atoms with Crippen molar-refractivity contribution in [3.8, 4) is 11.8 Å². The SMILES string of the molecule is CCOc1ccc(C=Cc2nc(C#N)c(N3CCN(S(=O)(=O)c4ccc(NC(C)=O)cc4)CC3)o2)cc1. The van der Waals surface area contributed by atoms with Gasteiger partial charge in [-0.2, -0.15) is 14.6 Å². The van der Waals surface area contributed by atoms with Crippen molar-refractivity contribution < 1.29 is 22.4 Å². The highest BCUT2D eigenvalue weighted by Gasteiger charge is 2.31. The van der Waals surface area contributed by atoms with Gasteiger partial charge in [-0.25, -0.2) is 8.42 Å². The average Bonchev–Trinajstić information content (AvgIpc) is 3.32. The maximum absolute atomic E-state index is 13.1. The van der Waals surface area contributed by atoms with Crippen LogP contribution in [0.5, 0.6) is 5.75 Å². The van der Waals surface area contributed by atoms with E-state index in [0.717, 1.165) is 11.3 Å². The molecule has 0 unspecified atom stereocenters. The molecule has 1 aliphatic heterocycles. The number of anilines is 2. The van der Waals surface area contributed by atoms with Gasteiger partial charge in [0.2, 0.25) is 33.4 Å². The molecule has 11 heteroatoms. The Balaban J connectivity index is 1.42. The molecule has 0 bridgehead atoms. The normalized spacial score (nSPS) is 14.5. The first kappa shape index (κ1) is 25.9. The van der Waals surface area contributed by atoms with Crippen molar-refractivity contribution in [3.63, 3.8) is 0 Å². The van der Waals surface area contributed by atoms with Crippen LogP contribution in [0, 0.1) is 11.3 Å². The van der Waals surface area contributed by atoms with Crippen molar-refractivity contribution in [1.82, 2.24) is 9.29 Å². The Hall–Kier alpha value is -4.14. The number of nitriles is 1. The minimum atomic E-state index is -3.71. The van der Waals surface area contributed by atoms with E-state index in [9.17, 15) is 18.5 Å². The molecular weight excluding hydrogens is 494 g/mol. The molecule has 1 fully saturated rings. The number of aromatic nitrogens is 1. The van der Waals surface area contributed by atoms with E-state index in [1.165, 1.54) is 23.4 Å². The Morgan fingerprint density at radius 1 is 1.11 bits per heavy atom. The van der Waals surface area contributed by atoms with Gasteiger partial charge >= 0.3 is 0 Å². The third-order valence-corrected chi connectivity index (χ3v) is 7.59. The number of ether oxygens (including phenoxy) is 1. The van der Waals surface area contributed by atoms with Crippen molar-refractivity contribution in [2.45, 2.75) is 18.7 Å². The first-order valence-electron chi connectivity index (χ1n) is 11.7. The number of nitrogens with one attached hydrogen (secondary N) is 1. The topological polar surface area (TPSA) is 129 Å². The molecule has 0 saturated carbocycles. The second-order valence-corrected chi connectivity index (χ2v) is 10.2. The largest absolute Gasteiger partial charge is 0.494 e. The summed E-state index contributed by atoms with van der Waals surface area (Å²) in [6, 6.07) is 15.7. The van der Waals surface area contributed by atoms with E-state index < -0.39 is 10.0 Å². The quantitative estimate of drug-likeness (QED) is 0.476. The highest BCUT2D eigenvalue weighted by molar-refractivity contribution is 7.89. The van der Waals surface area contributed by atoms with E-state index in [4.69, 9.17) is 9.15 Å². The molecule has 0 aliphatic carbocycles. The van der Waals surface area contributed by atoms with Crippen LogP contribution in [-0.2, 0) is 14.8 Å². The number of hydrogen-bond donors (Lipinski definition) is 1. The Bertz CT molecular complexity index is 1420. The molecule has 2 heterocycles. The Labute approximate surface area is 215 Å². The summed E-state index contributed by atoms with van der Waals surface area (Å²) < 4.78 is 38.9. The number of nitrogens with zero attached hydrogens (tertiary/aromatic N) is 4. The van der Waals surface area contributed by atoms with Crippen molar-refractivity contribution in [2.24, 2.45) is 0 Å². The predicted molar refractivity (Wildman–Crippen MR) is 139 cm³/mol. The highest BCUT2D eigenvalue weighted by Crippen LogP contribution is 2.26. The van der Waals surface area contributed by atoms with Gasteiger partial charge in [0, 0.05) is 44.9 Å². The fourth-order valence-corrected chi connectivity index (χ4v) is 5.31. The first-order valence-corrected chi connectivity index (χ1v) is 13.2. The maximum Gasteiger partial charge on any atom is 0.243 e. The lowest BCUT2D eigenvalue weighted by Crippen LogP contribution is -2.48. The second-order valence-electron chi connectivity index (χ2n) is 8.25. The molecule has 1 aliphatic rings. The van der Waals surface area contributed by atoms with Gasteiger partial charge in [0.1, 0.15) is 11.8 Å². The lowest BCUT2D eigenvalue weighted by molar-refractivity contribution is -0.114. The fourth-order valence-electron chi connectivity index (χ4n) is 3.89. The molecular formula is C26H27N5O5S. The lowest BCUT2D eigenvalue weighted by Gasteiger charge is -2.33. The molecule has 1 N–H and O–H groups in total. The highest BCUT2D eigenvalue weighted by atomic mass is 32.2. The predicted octanol–water partition coefficient (Wildman–Crippen LogP) is 3.58. The van der Waals surface area contributed by atoms with Gasteiger partial charge in [0.05, 0.1) is 11.5 Å². The van der Waals surface area contributed by atoms with Gasteiger partial charge in [-0.1, -0.05) is 12.1 Å². The summed E-state index contributed by atoms with van der Waals surface area (Å²) in [6.45, 7) is 5.03. The summed E-state index contributed by atoms with van der Waals surface area (Å²) in [7, 11) is -3.71. The second kappa shape index (κ2) is 11.3. The van der Waals surface area contributed by atoms with Gasteiger partial charge in [-0.15, -0.1) is 0 Å². The summed E-state index contributed by atoms with van der Waals surface area (Å²) in [5.41, 5.74) is 1.60. The van der Waals surface area contributed by atoms with Gasteiger partial charge in [0.25, 0.3) is 0 Å². The summed E-state index contributed by atoms with van der Waals surface area (Å²) in [6.07, 6.45) is 3.51. The van der Waals surface area contributed by atoms with E-state index in [1.807, 2.05) is 42.2 Å². The third kappa shape index (κ3) is 6.17.